The molecule has 0 fully saturated rings. The van der Waals surface area contributed by atoms with Crippen LogP contribution in [0.1, 0.15) is 32.6 Å². The molecule has 3 aromatic rings. The van der Waals surface area contributed by atoms with Gasteiger partial charge < -0.3 is 4.57 Å². The Morgan fingerprint density at radius 3 is 2.38 bits per heavy atom. The van der Waals surface area contributed by atoms with Gasteiger partial charge in [-0.05, 0) is 49.9 Å². The smallest absolute Gasteiger partial charge is 0.191 e. The molecule has 2 aromatic carbocycles. The number of aryl methyl sites for hydroxylation is 2. The van der Waals surface area contributed by atoms with Gasteiger partial charge in [-0.1, -0.05) is 48.2 Å². The lowest BCUT2D eigenvalue weighted by molar-refractivity contribution is 0.102. The second kappa shape index (κ2) is 7.46. The minimum absolute atomic E-state index is 0.136. The van der Waals surface area contributed by atoms with Crippen molar-refractivity contribution < 1.29 is 4.79 Å². The average Bonchev–Trinajstić information content (AvgIpc) is 2.99. The fraction of sp³-hybridized carbons (Fsp3) is 0.286. The predicted octanol–water partition coefficient (Wildman–Crippen LogP) is 4.69. The van der Waals surface area contributed by atoms with Crippen molar-refractivity contribution in [2.24, 2.45) is 7.05 Å². The lowest BCUT2D eigenvalue weighted by atomic mass is 9.92. The molecule has 0 amide bonds. The van der Waals surface area contributed by atoms with E-state index in [4.69, 9.17) is 0 Å². The van der Waals surface area contributed by atoms with Gasteiger partial charge in [0.25, 0.3) is 0 Å². The van der Waals surface area contributed by atoms with E-state index in [1.807, 2.05) is 55.8 Å². The Labute approximate surface area is 158 Å². The third kappa shape index (κ3) is 3.44. The van der Waals surface area contributed by atoms with Crippen molar-refractivity contribution in [3.63, 3.8) is 0 Å². The van der Waals surface area contributed by atoms with E-state index in [9.17, 15) is 4.79 Å². The van der Waals surface area contributed by atoms with Gasteiger partial charge in [0.15, 0.2) is 16.8 Å². The molecule has 5 heteroatoms. The van der Waals surface area contributed by atoms with Gasteiger partial charge in [0.05, 0.1) is 5.75 Å². The molecule has 0 radical (unpaired) electrons. The summed E-state index contributed by atoms with van der Waals surface area (Å²) in [5, 5.41) is 9.28. The lowest BCUT2D eigenvalue weighted by Crippen LogP contribution is -2.10. The van der Waals surface area contributed by atoms with Crippen LogP contribution in [-0.2, 0) is 7.05 Å². The monoisotopic (exact) mass is 365 g/mol. The number of carbonyl (C=O) groups is 1. The van der Waals surface area contributed by atoms with Crippen molar-refractivity contribution in [1.82, 2.24) is 14.8 Å². The number of hydrogen-bond donors (Lipinski definition) is 0. The zero-order chi connectivity index (χ0) is 18.8. The second-order valence-electron chi connectivity index (χ2n) is 6.58. The van der Waals surface area contributed by atoms with Crippen LogP contribution in [0.3, 0.4) is 0 Å². The molecule has 0 N–H and O–H groups in total. The Morgan fingerprint density at radius 2 is 1.69 bits per heavy atom. The highest BCUT2D eigenvalue weighted by molar-refractivity contribution is 7.99. The van der Waals surface area contributed by atoms with Crippen molar-refractivity contribution >= 4 is 17.5 Å². The molecule has 0 aliphatic heterocycles. The van der Waals surface area contributed by atoms with Crippen LogP contribution in [0, 0.1) is 27.7 Å². The van der Waals surface area contributed by atoms with Crippen LogP contribution in [0.25, 0.3) is 11.4 Å². The van der Waals surface area contributed by atoms with Gasteiger partial charge in [-0.3, -0.25) is 4.79 Å². The molecule has 134 valence electrons. The molecular formula is C21H23N3OS. The maximum absolute atomic E-state index is 12.8. The van der Waals surface area contributed by atoms with Crippen LogP contribution in [0.15, 0.2) is 41.6 Å². The minimum atomic E-state index is 0.136. The van der Waals surface area contributed by atoms with Gasteiger partial charge in [0.1, 0.15) is 0 Å². The van der Waals surface area contributed by atoms with Crippen LogP contribution in [0.5, 0.6) is 0 Å². The topological polar surface area (TPSA) is 47.8 Å². The Bertz CT molecular complexity index is 961. The number of benzene rings is 2. The van der Waals surface area contributed by atoms with Crippen molar-refractivity contribution in [3.8, 4) is 11.4 Å². The van der Waals surface area contributed by atoms with E-state index in [1.54, 1.807) is 0 Å². The maximum atomic E-state index is 12.8. The first-order valence-electron chi connectivity index (χ1n) is 8.58. The number of Topliss-reactive ketones (excluding diaryl/α,β-unsaturated/α-hetero) is 1. The molecule has 0 saturated carbocycles. The van der Waals surface area contributed by atoms with E-state index in [2.05, 4.69) is 30.1 Å². The summed E-state index contributed by atoms with van der Waals surface area (Å²) < 4.78 is 1.94. The highest BCUT2D eigenvalue weighted by Gasteiger charge is 2.18. The molecule has 0 aliphatic carbocycles. The number of thioether (sulfide) groups is 1. The van der Waals surface area contributed by atoms with Gasteiger partial charge in [0.2, 0.25) is 0 Å². The van der Waals surface area contributed by atoms with E-state index >= 15 is 0 Å². The third-order valence-corrected chi connectivity index (χ3v) is 5.85. The zero-order valence-electron chi connectivity index (χ0n) is 15.8. The van der Waals surface area contributed by atoms with Crippen LogP contribution < -0.4 is 0 Å². The lowest BCUT2D eigenvalue weighted by Gasteiger charge is -2.14. The first-order chi connectivity index (χ1) is 12.4. The summed E-state index contributed by atoms with van der Waals surface area (Å²) in [5.74, 6) is 1.29. The number of nitrogens with zero attached hydrogens (tertiary/aromatic N) is 3. The quantitative estimate of drug-likeness (QED) is 0.486. The highest BCUT2D eigenvalue weighted by atomic mass is 32.2. The Kier molecular flexibility index (Phi) is 5.28. The third-order valence-electron chi connectivity index (χ3n) is 4.83. The van der Waals surface area contributed by atoms with Crippen LogP contribution in [-0.4, -0.2) is 26.3 Å². The number of rotatable bonds is 5. The fourth-order valence-electron chi connectivity index (χ4n) is 3.19. The normalized spacial score (nSPS) is 11.0. The summed E-state index contributed by atoms with van der Waals surface area (Å²) in [6.07, 6.45) is 0. The summed E-state index contributed by atoms with van der Waals surface area (Å²) in [5.41, 5.74) is 6.39. The molecule has 4 nitrogen and oxygen atoms in total. The first-order valence-corrected chi connectivity index (χ1v) is 9.57. The molecule has 0 unspecified atom stereocenters. The molecular weight excluding hydrogens is 342 g/mol. The molecule has 1 heterocycles. The largest absolute Gasteiger partial charge is 0.305 e. The van der Waals surface area contributed by atoms with Crippen molar-refractivity contribution in [3.05, 3.63) is 64.2 Å². The molecule has 0 atom stereocenters. The molecule has 0 bridgehead atoms. The molecule has 0 spiro atoms. The van der Waals surface area contributed by atoms with E-state index in [1.165, 1.54) is 22.9 Å². The molecule has 0 aliphatic rings. The van der Waals surface area contributed by atoms with Gasteiger partial charge in [-0.15, -0.1) is 10.2 Å². The SMILES string of the molecule is Cc1cc(C)c(C(=O)CSc2nnc(-c3ccccc3)n2C)c(C)c1C. The summed E-state index contributed by atoms with van der Waals surface area (Å²) >= 11 is 1.43. The maximum Gasteiger partial charge on any atom is 0.191 e. The summed E-state index contributed by atoms with van der Waals surface area (Å²) in [6.45, 7) is 8.20. The van der Waals surface area contributed by atoms with E-state index in [0.717, 1.165) is 33.2 Å². The van der Waals surface area contributed by atoms with Crippen LogP contribution in [0.2, 0.25) is 0 Å². The molecule has 26 heavy (non-hydrogen) atoms. The number of ketones is 1. The minimum Gasteiger partial charge on any atom is -0.305 e. The summed E-state index contributed by atoms with van der Waals surface area (Å²) in [4.78, 5) is 12.8. The molecule has 0 saturated heterocycles. The Balaban J connectivity index is 1.80. The zero-order valence-corrected chi connectivity index (χ0v) is 16.6. The summed E-state index contributed by atoms with van der Waals surface area (Å²) in [7, 11) is 1.93. The highest BCUT2D eigenvalue weighted by Crippen LogP contribution is 2.26. The Hall–Kier alpha value is -2.40. The molecule has 1 aromatic heterocycles. The standard InChI is InChI=1S/C21H23N3OS/c1-13-11-14(2)19(16(4)15(13)3)18(25)12-26-21-23-22-20(24(21)5)17-9-7-6-8-10-17/h6-11H,12H2,1-5H3. The van der Waals surface area contributed by atoms with Crippen LogP contribution in [0.4, 0.5) is 0 Å². The number of carbonyl (C=O) groups excluding carboxylic acids is 1. The Morgan fingerprint density at radius 1 is 1.00 bits per heavy atom. The van der Waals surface area contributed by atoms with E-state index < -0.39 is 0 Å². The van der Waals surface area contributed by atoms with Crippen LogP contribution >= 0.6 is 11.8 Å². The fourth-order valence-corrected chi connectivity index (χ4v) is 3.98. The number of aromatic nitrogens is 3. The van der Waals surface area contributed by atoms with E-state index in [-0.39, 0.29) is 5.78 Å². The first kappa shape index (κ1) is 18.4. The van der Waals surface area contributed by atoms with Crippen molar-refractivity contribution in [2.45, 2.75) is 32.9 Å². The van der Waals surface area contributed by atoms with Gasteiger partial charge in [0, 0.05) is 18.2 Å². The van der Waals surface area contributed by atoms with Crippen molar-refractivity contribution in [2.75, 3.05) is 5.75 Å². The average molecular weight is 366 g/mol. The van der Waals surface area contributed by atoms with Gasteiger partial charge in [-0.2, -0.15) is 0 Å². The van der Waals surface area contributed by atoms with Gasteiger partial charge >= 0.3 is 0 Å². The molecule has 3 rings (SSSR count). The second-order valence-corrected chi connectivity index (χ2v) is 7.52. The van der Waals surface area contributed by atoms with E-state index in [0.29, 0.717) is 5.75 Å². The summed E-state index contributed by atoms with van der Waals surface area (Å²) in [6, 6.07) is 12.0. The number of hydrogen-bond acceptors (Lipinski definition) is 4. The van der Waals surface area contributed by atoms with Crippen molar-refractivity contribution in [1.29, 1.82) is 0 Å². The van der Waals surface area contributed by atoms with Gasteiger partial charge in [-0.25, -0.2) is 0 Å². The predicted molar refractivity (Wildman–Crippen MR) is 107 cm³/mol.